The fraction of sp³-hybridized carbons (Fsp3) is 0.816. The average Bonchev–Trinajstić information content (AvgIpc) is 3.01. The van der Waals surface area contributed by atoms with Crippen molar-refractivity contribution in [3.63, 3.8) is 0 Å². The number of rotatable bonds is 32. The highest BCUT2D eigenvalue weighted by molar-refractivity contribution is 5.89. The minimum atomic E-state index is -0.986. The van der Waals surface area contributed by atoms with Crippen LogP contribution in [0.3, 0.4) is 0 Å². The topological polar surface area (TPSA) is 89.9 Å². The van der Waals surface area contributed by atoms with E-state index >= 15 is 0 Å². The summed E-state index contributed by atoms with van der Waals surface area (Å²) in [4.78, 5) is 35.5. The largest absolute Gasteiger partial charge is 0.463 e. The van der Waals surface area contributed by atoms with E-state index in [2.05, 4.69) is 26.8 Å². The third-order valence-electron chi connectivity index (χ3n) is 8.21. The van der Waals surface area contributed by atoms with Gasteiger partial charge in [-0.25, -0.2) is 0 Å². The Morgan fingerprint density at radius 2 is 1.09 bits per heavy atom. The SMILES string of the molecule is CCCCCC(=O)/C=C/C=C\CCCCCCCC(=O)OC[C@H](O)COC(=O)CCCCCCCCCCCCC(C)CC. The maximum Gasteiger partial charge on any atom is 0.305 e. The fourth-order valence-electron chi connectivity index (χ4n) is 4.98. The molecular formula is C38H68O6. The molecule has 0 aromatic heterocycles. The van der Waals surface area contributed by atoms with E-state index in [-0.39, 0.29) is 30.9 Å². The first-order valence-electron chi connectivity index (χ1n) is 18.2. The third kappa shape index (κ3) is 31.5. The predicted molar refractivity (Wildman–Crippen MR) is 183 cm³/mol. The highest BCUT2D eigenvalue weighted by atomic mass is 16.6. The van der Waals surface area contributed by atoms with Crippen LogP contribution in [0, 0.1) is 5.92 Å². The van der Waals surface area contributed by atoms with E-state index in [4.69, 9.17) is 9.47 Å². The van der Waals surface area contributed by atoms with Crippen molar-refractivity contribution >= 4 is 17.7 Å². The second-order valence-electron chi connectivity index (χ2n) is 12.6. The Morgan fingerprint density at radius 1 is 0.614 bits per heavy atom. The second-order valence-corrected chi connectivity index (χ2v) is 12.6. The molecule has 0 heterocycles. The number of carbonyl (C=O) groups excluding carboxylic acids is 3. The number of aliphatic hydroxyl groups excluding tert-OH is 1. The van der Waals surface area contributed by atoms with Crippen molar-refractivity contribution in [2.45, 2.75) is 181 Å². The summed E-state index contributed by atoms with van der Waals surface area (Å²) in [5, 5.41) is 9.98. The molecule has 0 aromatic rings. The number of hydrogen-bond acceptors (Lipinski definition) is 6. The molecule has 0 rings (SSSR count). The summed E-state index contributed by atoms with van der Waals surface area (Å²) >= 11 is 0. The molecule has 0 saturated heterocycles. The molecule has 0 aromatic carbocycles. The first kappa shape index (κ1) is 42.0. The van der Waals surface area contributed by atoms with Crippen molar-refractivity contribution in [1.82, 2.24) is 0 Å². The Balaban J connectivity index is 3.52. The molecule has 44 heavy (non-hydrogen) atoms. The maximum atomic E-state index is 11.9. The summed E-state index contributed by atoms with van der Waals surface area (Å²) in [6.45, 7) is 6.47. The van der Waals surface area contributed by atoms with E-state index in [0.717, 1.165) is 83.0 Å². The predicted octanol–water partition coefficient (Wildman–Crippen LogP) is 10.2. The molecule has 0 fully saturated rings. The Kier molecular flexibility index (Phi) is 31.0. The number of esters is 2. The van der Waals surface area contributed by atoms with Gasteiger partial charge in [-0.3, -0.25) is 14.4 Å². The summed E-state index contributed by atoms with van der Waals surface area (Å²) in [7, 11) is 0. The van der Waals surface area contributed by atoms with Gasteiger partial charge in [0.25, 0.3) is 0 Å². The molecule has 0 aliphatic carbocycles. The Bertz CT molecular complexity index is 744. The number of ether oxygens (including phenoxy) is 2. The zero-order valence-electron chi connectivity index (χ0n) is 28.8. The lowest BCUT2D eigenvalue weighted by Crippen LogP contribution is -2.25. The van der Waals surface area contributed by atoms with Crippen LogP contribution in [-0.4, -0.2) is 42.1 Å². The molecule has 6 heteroatoms. The van der Waals surface area contributed by atoms with Crippen LogP contribution in [0.5, 0.6) is 0 Å². The highest BCUT2D eigenvalue weighted by Gasteiger charge is 2.12. The summed E-state index contributed by atoms with van der Waals surface area (Å²) in [6.07, 6.45) is 32.0. The van der Waals surface area contributed by atoms with E-state index in [9.17, 15) is 19.5 Å². The van der Waals surface area contributed by atoms with Crippen LogP contribution >= 0.6 is 0 Å². The third-order valence-corrected chi connectivity index (χ3v) is 8.21. The van der Waals surface area contributed by atoms with Crippen molar-refractivity contribution < 1.29 is 29.0 Å². The minimum Gasteiger partial charge on any atom is -0.463 e. The van der Waals surface area contributed by atoms with Crippen LogP contribution in [0.25, 0.3) is 0 Å². The first-order chi connectivity index (χ1) is 21.4. The van der Waals surface area contributed by atoms with Gasteiger partial charge in [-0.2, -0.15) is 0 Å². The highest BCUT2D eigenvalue weighted by Crippen LogP contribution is 2.15. The van der Waals surface area contributed by atoms with E-state index in [1.54, 1.807) is 6.08 Å². The van der Waals surface area contributed by atoms with Crippen LogP contribution in [-0.2, 0) is 23.9 Å². The van der Waals surface area contributed by atoms with Gasteiger partial charge in [-0.05, 0) is 44.1 Å². The zero-order chi connectivity index (χ0) is 32.5. The molecule has 0 amide bonds. The summed E-state index contributed by atoms with van der Waals surface area (Å²) < 4.78 is 10.3. The van der Waals surface area contributed by atoms with Gasteiger partial charge in [0.2, 0.25) is 0 Å². The lowest BCUT2D eigenvalue weighted by atomic mass is 9.99. The standard InChI is InChI=1S/C38H68O6/c1-4-6-22-28-35(39)29-24-19-15-11-9-13-17-21-26-31-38(42)44-33-36(40)32-43-37(41)30-25-20-16-12-8-7-10-14-18-23-27-34(3)5-2/h15,19,24,29,34,36,40H,4-14,16-18,20-23,25-28,30-33H2,1-3H3/b19-15-,29-24+/t34?,36-/m1/s1. The average molecular weight is 621 g/mol. The lowest BCUT2D eigenvalue weighted by molar-refractivity contribution is -0.152. The number of unbranched alkanes of at least 4 members (excludes halogenated alkanes) is 16. The van der Waals surface area contributed by atoms with Crippen LogP contribution in [0.2, 0.25) is 0 Å². The van der Waals surface area contributed by atoms with Gasteiger partial charge in [0, 0.05) is 19.3 Å². The van der Waals surface area contributed by atoms with Gasteiger partial charge in [-0.1, -0.05) is 142 Å². The van der Waals surface area contributed by atoms with Crippen molar-refractivity contribution in [3.05, 3.63) is 24.3 Å². The number of carbonyl (C=O) groups is 3. The molecule has 0 aliphatic rings. The van der Waals surface area contributed by atoms with E-state index in [0.29, 0.717) is 19.3 Å². The Hall–Kier alpha value is -1.95. The molecule has 6 nitrogen and oxygen atoms in total. The number of ketones is 1. The molecular weight excluding hydrogens is 552 g/mol. The van der Waals surface area contributed by atoms with Crippen LogP contribution in [0.15, 0.2) is 24.3 Å². The van der Waals surface area contributed by atoms with Crippen LogP contribution in [0.1, 0.15) is 175 Å². The molecule has 1 unspecified atom stereocenters. The smallest absolute Gasteiger partial charge is 0.305 e. The van der Waals surface area contributed by atoms with E-state index in [1.807, 2.05) is 12.2 Å². The van der Waals surface area contributed by atoms with Crippen molar-refractivity contribution in [2.75, 3.05) is 13.2 Å². The Labute approximate surface area is 270 Å². The summed E-state index contributed by atoms with van der Waals surface area (Å²) in [6, 6.07) is 0. The van der Waals surface area contributed by atoms with Crippen molar-refractivity contribution in [3.8, 4) is 0 Å². The Morgan fingerprint density at radius 3 is 1.61 bits per heavy atom. The van der Waals surface area contributed by atoms with Crippen LogP contribution in [0.4, 0.5) is 0 Å². The normalized spacial score (nSPS) is 13.0. The molecule has 256 valence electrons. The fourth-order valence-corrected chi connectivity index (χ4v) is 4.98. The minimum absolute atomic E-state index is 0.136. The van der Waals surface area contributed by atoms with Crippen LogP contribution < -0.4 is 0 Å². The molecule has 0 aliphatic heterocycles. The van der Waals surface area contributed by atoms with Gasteiger partial charge in [0.1, 0.15) is 19.3 Å². The van der Waals surface area contributed by atoms with Gasteiger partial charge in [0.15, 0.2) is 5.78 Å². The zero-order valence-corrected chi connectivity index (χ0v) is 28.8. The van der Waals surface area contributed by atoms with Crippen molar-refractivity contribution in [2.24, 2.45) is 5.92 Å². The molecule has 0 bridgehead atoms. The quantitative estimate of drug-likeness (QED) is 0.0348. The van der Waals surface area contributed by atoms with Crippen molar-refractivity contribution in [1.29, 1.82) is 0 Å². The van der Waals surface area contributed by atoms with E-state index in [1.165, 1.54) is 57.8 Å². The number of hydrogen-bond donors (Lipinski definition) is 1. The lowest BCUT2D eigenvalue weighted by Gasteiger charge is -2.12. The van der Waals surface area contributed by atoms with Gasteiger partial charge >= 0.3 is 11.9 Å². The first-order valence-corrected chi connectivity index (χ1v) is 18.2. The van der Waals surface area contributed by atoms with E-state index < -0.39 is 6.10 Å². The van der Waals surface area contributed by atoms with Gasteiger partial charge in [0.05, 0.1) is 0 Å². The number of allylic oxidation sites excluding steroid dienone is 4. The number of aliphatic hydroxyl groups is 1. The molecule has 0 spiro atoms. The summed E-state index contributed by atoms with van der Waals surface area (Å²) in [5.41, 5.74) is 0. The molecule has 0 radical (unpaired) electrons. The second kappa shape index (κ2) is 32.4. The maximum absolute atomic E-state index is 11.9. The monoisotopic (exact) mass is 621 g/mol. The van der Waals surface area contributed by atoms with Gasteiger partial charge < -0.3 is 14.6 Å². The molecule has 0 saturated carbocycles. The van der Waals surface area contributed by atoms with Gasteiger partial charge in [-0.15, -0.1) is 0 Å². The summed E-state index contributed by atoms with van der Waals surface area (Å²) in [5.74, 6) is 0.450. The molecule has 1 N–H and O–H groups in total. The molecule has 2 atom stereocenters.